The van der Waals surface area contributed by atoms with E-state index in [0.717, 1.165) is 53.6 Å². The number of para-hydroxylation sites is 1. The molecule has 1 unspecified atom stereocenters. The summed E-state index contributed by atoms with van der Waals surface area (Å²) in [4.78, 5) is 26.0. The maximum Gasteiger partial charge on any atom is 0.508 e. The lowest BCUT2D eigenvalue weighted by molar-refractivity contribution is 0.0118. The third-order valence-electron chi connectivity index (χ3n) is 7.48. The highest BCUT2D eigenvalue weighted by Crippen LogP contribution is 2.39. The number of hydrogen-bond donors (Lipinski definition) is 2. The number of ether oxygens (including phenoxy) is 3. The van der Waals surface area contributed by atoms with E-state index in [-0.39, 0.29) is 18.3 Å². The van der Waals surface area contributed by atoms with Gasteiger partial charge >= 0.3 is 12.1 Å². The van der Waals surface area contributed by atoms with Crippen LogP contribution in [-0.4, -0.2) is 42.9 Å². The van der Waals surface area contributed by atoms with E-state index in [1.807, 2.05) is 36.1 Å². The topological polar surface area (TPSA) is 97.3 Å². The van der Waals surface area contributed by atoms with Crippen molar-refractivity contribution in [1.29, 1.82) is 0 Å². The summed E-state index contributed by atoms with van der Waals surface area (Å²) in [6.45, 7) is 3.14. The number of fused-ring (bicyclic) bond motifs is 1. The third-order valence-corrected chi connectivity index (χ3v) is 7.48. The van der Waals surface area contributed by atoms with Crippen LogP contribution >= 0.6 is 0 Å². The molecule has 0 bridgehead atoms. The zero-order valence-corrected chi connectivity index (χ0v) is 22.8. The number of nitrogens with zero attached hydrogens (tertiary/aromatic N) is 1. The van der Waals surface area contributed by atoms with E-state index < -0.39 is 18.5 Å². The standard InChI is InChI=1S/C32H36N2O6/c1-2-38-31-33-28-14-8-13-27(30(35)36)29(28)34(31)21-22-15-17-24(18-16-22)26-12-7-6-9-23(26)19-20-39-32(37)40-25-10-4-3-5-11-25/h6-9,12-18,25,31,33H,2-5,10-11,19-21H2,1H3,(H,35,36). The first-order valence-corrected chi connectivity index (χ1v) is 14.0. The highest BCUT2D eigenvalue weighted by atomic mass is 16.7. The predicted molar refractivity (Wildman–Crippen MR) is 154 cm³/mol. The number of anilines is 2. The molecule has 2 aliphatic rings. The molecule has 0 spiro atoms. The summed E-state index contributed by atoms with van der Waals surface area (Å²) in [5, 5.41) is 13.1. The second kappa shape index (κ2) is 12.9. The van der Waals surface area contributed by atoms with Crippen LogP contribution in [0.1, 0.15) is 60.5 Å². The lowest BCUT2D eigenvalue weighted by atomic mass is 9.97. The summed E-state index contributed by atoms with van der Waals surface area (Å²) in [6.07, 6.45) is 4.78. The Kier molecular flexibility index (Phi) is 8.86. The van der Waals surface area contributed by atoms with Crippen LogP contribution in [0.25, 0.3) is 11.1 Å². The quantitative estimate of drug-likeness (QED) is 0.268. The van der Waals surface area contributed by atoms with Crippen LogP contribution in [0.4, 0.5) is 16.2 Å². The molecule has 1 heterocycles. The third kappa shape index (κ3) is 6.39. The Labute approximate surface area is 234 Å². The fraction of sp³-hybridized carbons (Fsp3) is 0.375. The molecule has 1 saturated carbocycles. The molecule has 1 aliphatic heterocycles. The molecule has 0 radical (unpaired) electrons. The van der Waals surface area contributed by atoms with Gasteiger partial charge in [-0.2, -0.15) is 0 Å². The van der Waals surface area contributed by atoms with Crippen molar-refractivity contribution in [2.75, 3.05) is 23.4 Å². The van der Waals surface area contributed by atoms with Gasteiger partial charge in [-0.15, -0.1) is 0 Å². The number of carbonyl (C=O) groups excluding carboxylic acids is 1. The average molecular weight is 545 g/mol. The van der Waals surface area contributed by atoms with Gasteiger partial charge in [0.15, 0.2) is 0 Å². The van der Waals surface area contributed by atoms with E-state index >= 15 is 0 Å². The molecule has 0 amide bonds. The fourth-order valence-corrected chi connectivity index (χ4v) is 5.53. The summed E-state index contributed by atoms with van der Waals surface area (Å²) < 4.78 is 16.7. The van der Waals surface area contributed by atoms with E-state index in [0.29, 0.717) is 25.3 Å². The smallest absolute Gasteiger partial charge is 0.478 e. The molecule has 8 nitrogen and oxygen atoms in total. The Morgan fingerprint density at radius 1 is 0.975 bits per heavy atom. The maximum absolute atomic E-state index is 12.1. The van der Waals surface area contributed by atoms with Crippen molar-refractivity contribution >= 4 is 23.5 Å². The van der Waals surface area contributed by atoms with E-state index in [9.17, 15) is 14.7 Å². The minimum atomic E-state index is -0.973. The molecule has 2 N–H and O–H groups in total. The van der Waals surface area contributed by atoms with Crippen LogP contribution in [0.3, 0.4) is 0 Å². The van der Waals surface area contributed by atoms with Crippen molar-refractivity contribution in [3.8, 4) is 11.1 Å². The molecular formula is C32H36N2O6. The highest BCUT2D eigenvalue weighted by Gasteiger charge is 2.33. The lowest BCUT2D eigenvalue weighted by Gasteiger charge is -2.27. The van der Waals surface area contributed by atoms with Gasteiger partial charge in [0.1, 0.15) is 6.10 Å². The van der Waals surface area contributed by atoms with Gasteiger partial charge in [-0.3, -0.25) is 0 Å². The second-order valence-electron chi connectivity index (χ2n) is 10.2. The van der Waals surface area contributed by atoms with Crippen molar-refractivity contribution in [3.05, 3.63) is 83.4 Å². The Morgan fingerprint density at radius 3 is 2.50 bits per heavy atom. The summed E-state index contributed by atoms with van der Waals surface area (Å²) in [5.74, 6) is -0.973. The SMILES string of the molecule is CCOC1Nc2cccc(C(=O)O)c2N1Cc1ccc(-c2ccccc2CCOC(=O)OC2CCCCC2)cc1. The molecule has 5 rings (SSSR count). The van der Waals surface area contributed by atoms with Crippen LogP contribution < -0.4 is 10.2 Å². The second-order valence-corrected chi connectivity index (χ2v) is 10.2. The minimum absolute atomic E-state index is 0.0172. The number of carboxylic acid groups (broad SMARTS) is 1. The number of rotatable bonds is 10. The van der Waals surface area contributed by atoms with Crippen LogP contribution in [-0.2, 0) is 27.2 Å². The number of aromatic carboxylic acids is 1. The van der Waals surface area contributed by atoms with Gasteiger partial charge in [0, 0.05) is 19.6 Å². The number of benzene rings is 3. The maximum atomic E-state index is 12.1. The number of carbonyl (C=O) groups is 2. The molecule has 210 valence electrons. The zero-order chi connectivity index (χ0) is 27.9. The van der Waals surface area contributed by atoms with Gasteiger partial charge in [0.2, 0.25) is 6.35 Å². The van der Waals surface area contributed by atoms with E-state index in [4.69, 9.17) is 14.2 Å². The monoisotopic (exact) mass is 544 g/mol. The Balaban J connectivity index is 1.25. The molecule has 0 saturated heterocycles. The zero-order valence-electron chi connectivity index (χ0n) is 22.8. The Bertz CT molecular complexity index is 1320. The minimum Gasteiger partial charge on any atom is -0.478 e. The van der Waals surface area contributed by atoms with Crippen molar-refractivity contribution in [2.24, 2.45) is 0 Å². The lowest BCUT2D eigenvalue weighted by Crippen LogP contribution is -2.38. The van der Waals surface area contributed by atoms with Gasteiger partial charge in [0.05, 0.1) is 23.5 Å². The van der Waals surface area contributed by atoms with Crippen LogP contribution in [0.15, 0.2) is 66.7 Å². The van der Waals surface area contributed by atoms with Gasteiger partial charge < -0.3 is 29.5 Å². The summed E-state index contributed by atoms with van der Waals surface area (Å²) in [6, 6.07) is 21.5. The highest BCUT2D eigenvalue weighted by molar-refractivity contribution is 5.99. The summed E-state index contributed by atoms with van der Waals surface area (Å²) in [5.41, 5.74) is 5.85. The molecule has 8 heteroatoms. The molecule has 1 fully saturated rings. The van der Waals surface area contributed by atoms with Gasteiger partial charge in [0.25, 0.3) is 0 Å². The van der Waals surface area contributed by atoms with Crippen molar-refractivity contribution in [1.82, 2.24) is 0 Å². The van der Waals surface area contributed by atoms with Crippen molar-refractivity contribution < 1.29 is 28.9 Å². The normalized spacial score (nSPS) is 16.7. The van der Waals surface area contributed by atoms with Crippen LogP contribution in [0.5, 0.6) is 0 Å². The molecule has 0 aromatic heterocycles. The van der Waals surface area contributed by atoms with E-state index in [2.05, 4.69) is 35.6 Å². The molecule has 40 heavy (non-hydrogen) atoms. The van der Waals surface area contributed by atoms with Gasteiger partial charge in [-0.05, 0) is 67.0 Å². The number of carboxylic acids is 1. The predicted octanol–water partition coefficient (Wildman–Crippen LogP) is 6.83. The van der Waals surface area contributed by atoms with Crippen LogP contribution in [0.2, 0.25) is 0 Å². The fourth-order valence-electron chi connectivity index (χ4n) is 5.53. The first-order chi connectivity index (χ1) is 19.5. The molecule has 3 aromatic carbocycles. The molecular weight excluding hydrogens is 508 g/mol. The Morgan fingerprint density at radius 2 is 1.75 bits per heavy atom. The first-order valence-electron chi connectivity index (χ1n) is 14.0. The first kappa shape index (κ1) is 27.5. The summed E-state index contributed by atoms with van der Waals surface area (Å²) in [7, 11) is 0. The van der Waals surface area contributed by atoms with Crippen molar-refractivity contribution in [2.45, 2.75) is 64.4 Å². The Hall–Kier alpha value is -4.04. The molecule has 1 atom stereocenters. The molecule has 1 aliphatic carbocycles. The number of hydrogen-bond acceptors (Lipinski definition) is 7. The largest absolute Gasteiger partial charge is 0.508 e. The van der Waals surface area contributed by atoms with Gasteiger partial charge in [-0.1, -0.05) is 61.0 Å². The van der Waals surface area contributed by atoms with E-state index in [1.165, 1.54) is 6.42 Å². The van der Waals surface area contributed by atoms with Crippen LogP contribution in [0, 0.1) is 0 Å². The summed E-state index contributed by atoms with van der Waals surface area (Å²) >= 11 is 0. The molecule has 3 aromatic rings. The van der Waals surface area contributed by atoms with Crippen molar-refractivity contribution in [3.63, 3.8) is 0 Å². The van der Waals surface area contributed by atoms with Gasteiger partial charge in [-0.25, -0.2) is 9.59 Å². The number of nitrogens with one attached hydrogen (secondary N) is 1. The van der Waals surface area contributed by atoms with E-state index in [1.54, 1.807) is 12.1 Å². The average Bonchev–Trinajstić information content (AvgIpc) is 3.31.